The van der Waals surface area contributed by atoms with Crippen LogP contribution in [0.15, 0.2) is 149 Å². The van der Waals surface area contributed by atoms with Crippen LogP contribution in [0.4, 0.5) is 11.4 Å². The highest BCUT2D eigenvalue weighted by molar-refractivity contribution is 9.10. The van der Waals surface area contributed by atoms with Crippen LogP contribution in [0.1, 0.15) is 15.9 Å². The summed E-state index contributed by atoms with van der Waals surface area (Å²) in [5.41, 5.74) is 2.42. The van der Waals surface area contributed by atoms with Gasteiger partial charge in [-0.05, 0) is 90.5 Å². The predicted octanol–water partition coefficient (Wildman–Crippen LogP) is 8.38. The number of thioether (sulfide) groups is 1. The summed E-state index contributed by atoms with van der Waals surface area (Å²) in [4.78, 5) is 39.7. The van der Waals surface area contributed by atoms with Gasteiger partial charge in [0.1, 0.15) is 17.2 Å². The molecule has 0 aromatic heterocycles. The van der Waals surface area contributed by atoms with Gasteiger partial charge in [-0.1, -0.05) is 70.5 Å². The topological polar surface area (TPSA) is 96.5 Å². The van der Waals surface area contributed by atoms with Crippen molar-refractivity contribution >= 4 is 62.9 Å². The Morgan fingerprint density at radius 3 is 2.11 bits per heavy atom. The molecule has 0 unspecified atom stereocenters. The average molecular weight is 679 g/mol. The summed E-state index contributed by atoms with van der Waals surface area (Å²) in [7, 11) is 0. The van der Waals surface area contributed by atoms with Crippen molar-refractivity contribution in [2.45, 2.75) is 4.90 Å². The summed E-state index contributed by atoms with van der Waals surface area (Å²) in [5.74, 6) is 0.508. The van der Waals surface area contributed by atoms with Crippen LogP contribution < -0.4 is 20.7 Å². The van der Waals surface area contributed by atoms with Crippen LogP contribution in [-0.2, 0) is 9.59 Å². The van der Waals surface area contributed by atoms with Gasteiger partial charge in [0.15, 0.2) is 0 Å². The third kappa shape index (κ3) is 9.69. The Labute approximate surface area is 273 Å². The van der Waals surface area contributed by atoms with E-state index in [0.29, 0.717) is 22.7 Å². The summed E-state index contributed by atoms with van der Waals surface area (Å²) >= 11 is 4.78. The Balaban J connectivity index is 1.19. The number of hydrogen-bond acceptors (Lipinski definition) is 5. The quantitative estimate of drug-likeness (QED) is 0.0964. The monoisotopic (exact) mass is 677 g/mol. The molecule has 9 heteroatoms. The number of para-hydroxylation sites is 1. The Kier molecular flexibility index (Phi) is 10.8. The number of carbonyl (C=O) groups excluding carboxylic acids is 3. The lowest BCUT2D eigenvalue weighted by atomic mass is 10.1. The van der Waals surface area contributed by atoms with Crippen molar-refractivity contribution in [3.8, 4) is 11.5 Å². The Morgan fingerprint density at radius 1 is 0.689 bits per heavy atom. The van der Waals surface area contributed by atoms with E-state index in [4.69, 9.17) is 4.74 Å². The second-order valence-corrected chi connectivity index (χ2v) is 11.7. The zero-order valence-corrected chi connectivity index (χ0v) is 26.3. The lowest BCUT2D eigenvalue weighted by Crippen LogP contribution is -2.30. The summed E-state index contributed by atoms with van der Waals surface area (Å²) in [6.07, 6.45) is 1.62. The fraction of sp³-hybridized carbons (Fsp3) is 0.0278. The lowest BCUT2D eigenvalue weighted by Gasteiger charge is -2.12. The molecule has 0 aliphatic carbocycles. The number of ether oxygens (including phenoxy) is 1. The minimum absolute atomic E-state index is 0.0829. The van der Waals surface area contributed by atoms with Crippen LogP contribution >= 0.6 is 27.7 Å². The maximum Gasteiger partial charge on any atom is 0.272 e. The molecule has 0 atom stereocenters. The molecule has 0 fully saturated rings. The average Bonchev–Trinajstić information content (AvgIpc) is 3.05. The van der Waals surface area contributed by atoms with E-state index in [1.165, 1.54) is 11.8 Å². The van der Waals surface area contributed by atoms with E-state index in [0.717, 1.165) is 20.7 Å². The van der Waals surface area contributed by atoms with Crippen LogP contribution in [0.25, 0.3) is 6.08 Å². The number of rotatable bonds is 11. The van der Waals surface area contributed by atoms with E-state index < -0.39 is 11.8 Å². The maximum absolute atomic E-state index is 13.4. The third-order valence-corrected chi connectivity index (χ3v) is 7.75. The van der Waals surface area contributed by atoms with E-state index in [1.807, 2.05) is 66.7 Å². The molecule has 45 heavy (non-hydrogen) atoms. The fourth-order valence-corrected chi connectivity index (χ4v) is 5.32. The first-order chi connectivity index (χ1) is 21.9. The molecule has 5 rings (SSSR count). The van der Waals surface area contributed by atoms with E-state index in [1.54, 1.807) is 72.8 Å². The van der Waals surface area contributed by atoms with Crippen molar-refractivity contribution in [2.75, 3.05) is 16.4 Å². The molecule has 0 spiro atoms. The summed E-state index contributed by atoms with van der Waals surface area (Å²) in [6.45, 7) is 0. The molecule has 3 amide bonds. The molecule has 0 saturated heterocycles. The fourth-order valence-electron chi connectivity index (χ4n) is 4.14. The molecular formula is C36H28BrN3O4S. The normalized spacial score (nSPS) is 10.9. The standard InChI is InChI=1S/C36H28BrN3O4S/c37-27-12-7-9-25(21-27)22-33(40-35(42)26-10-3-1-4-11-26)36(43)39-29-13-8-16-32(23-29)45-24-34(41)38-28-17-19-31(20-18-28)44-30-14-5-2-6-15-30/h1-23H,24H2,(H,38,41)(H,39,43)(H,40,42)/b33-22+. The molecule has 0 heterocycles. The predicted molar refractivity (Wildman–Crippen MR) is 183 cm³/mol. The Hall–Kier alpha value is -5.12. The highest BCUT2D eigenvalue weighted by atomic mass is 79.9. The van der Waals surface area contributed by atoms with Gasteiger partial charge in [0.2, 0.25) is 5.91 Å². The van der Waals surface area contributed by atoms with Gasteiger partial charge < -0.3 is 20.7 Å². The number of nitrogens with one attached hydrogen (secondary N) is 3. The van der Waals surface area contributed by atoms with Gasteiger partial charge >= 0.3 is 0 Å². The SMILES string of the molecule is O=C(CSc1cccc(NC(=O)/C(=C\c2cccc(Br)c2)NC(=O)c2ccccc2)c1)Nc1ccc(Oc2ccccc2)cc1. The van der Waals surface area contributed by atoms with Crippen molar-refractivity contribution in [2.24, 2.45) is 0 Å². The molecule has 5 aromatic carbocycles. The lowest BCUT2D eigenvalue weighted by molar-refractivity contribution is -0.114. The third-order valence-electron chi connectivity index (χ3n) is 6.27. The van der Waals surface area contributed by atoms with Gasteiger partial charge in [-0.25, -0.2) is 0 Å². The number of benzene rings is 5. The van der Waals surface area contributed by atoms with E-state index in [9.17, 15) is 14.4 Å². The first-order valence-corrected chi connectivity index (χ1v) is 15.7. The molecular weight excluding hydrogens is 650 g/mol. The van der Waals surface area contributed by atoms with Gasteiger partial charge in [-0.3, -0.25) is 14.4 Å². The van der Waals surface area contributed by atoms with Crippen LogP contribution in [0.2, 0.25) is 0 Å². The summed E-state index contributed by atoms with van der Waals surface area (Å²) in [5, 5.41) is 8.50. The van der Waals surface area contributed by atoms with Gasteiger partial charge in [0, 0.05) is 26.3 Å². The minimum Gasteiger partial charge on any atom is -0.457 e. The van der Waals surface area contributed by atoms with E-state index in [-0.39, 0.29) is 17.4 Å². The molecule has 5 aromatic rings. The van der Waals surface area contributed by atoms with Gasteiger partial charge in [0.05, 0.1) is 5.75 Å². The maximum atomic E-state index is 13.4. The molecule has 0 radical (unpaired) electrons. The zero-order valence-electron chi connectivity index (χ0n) is 23.9. The van der Waals surface area contributed by atoms with Crippen molar-refractivity contribution in [1.29, 1.82) is 0 Å². The van der Waals surface area contributed by atoms with Crippen molar-refractivity contribution in [1.82, 2.24) is 5.32 Å². The van der Waals surface area contributed by atoms with Gasteiger partial charge in [0.25, 0.3) is 11.8 Å². The largest absolute Gasteiger partial charge is 0.457 e. The number of halogens is 1. The number of anilines is 2. The second kappa shape index (κ2) is 15.6. The van der Waals surface area contributed by atoms with Crippen LogP contribution in [0.3, 0.4) is 0 Å². The zero-order chi connectivity index (χ0) is 31.4. The molecule has 0 bridgehead atoms. The minimum atomic E-state index is -0.487. The molecule has 0 aliphatic rings. The molecule has 3 N–H and O–H groups in total. The Bertz CT molecular complexity index is 1810. The van der Waals surface area contributed by atoms with Gasteiger partial charge in [-0.15, -0.1) is 11.8 Å². The highest BCUT2D eigenvalue weighted by Crippen LogP contribution is 2.25. The number of amides is 3. The summed E-state index contributed by atoms with van der Waals surface area (Å²) < 4.78 is 6.64. The van der Waals surface area contributed by atoms with Crippen LogP contribution in [0, 0.1) is 0 Å². The van der Waals surface area contributed by atoms with E-state index in [2.05, 4.69) is 31.9 Å². The highest BCUT2D eigenvalue weighted by Gasteiger charge is 2.16. The number of hydrogen-bond donors (Lipinski definition) is 3. The molecule has 0 saturated carbocycles. The smallest absolute Gasteiger partial charge is 0.272 e. The summed E-state index contributed by atoms with van der Waals surface area (Å²) in [6, 6.07) is 39.9. The van der Waals surface area contributed by atoms with Crippen molar-refractivity contribution in [3.63, 3.8) is 0 Å². The van der Waals surface area contributed by atoms with Crippen LogP contribution in [0.5, 0.6) is 11.5 Å². The first kappa shape index (κ1) is 31.3. The Morgan fingerprint density at radius 2 is 1.38 bits per heavy atom. The molecule has 224 valence electrons. The van der Waals surface area contributed by atoms with Crippen LogP contribution in [-0.4, -0.2) is 23.5 Å². The van der Waals surface area contributed by atoms with E-state index >= 15 is 0 Å². The van der Waals surface area contributed by atoms with Gasteiger partial charge in [-0.2, -0.15) is 0 Å². The van der Waals surface area contributed by atoms with Crippen molar-refractivity contribution < 1.29 is 19.1 Å². The van der Waals surface area contributed by atoms with Crippen molar-refractivity contribution in [3.05, 3.63) is 155 Å². The second-order valence-electron chi connectivity index (χ2n) is 9.69. The molecule has 7 nitrogen and oxygen atoms in total. The first-order valence-electron chi connectivity index (χ1n) is 13.9. The molecule has 0 aliphatic heterocycles. The number of carbonyl (C=O) groups is 3.